The first kappa shape index (κ1) is 12.6. The molecule has 0 atom stereocenters. The van der Waals surface area contributed by atoms with E-state index in [0.717, 1.165) is 18.7 Å². The lowest BCUT2D eigenvalue weighted by atomic mass is 10.1. The monoisotopic (exact) mass is 242 g/mol. The molecule has 1 heterocycles. The first-order chi connectivity index (χ1) is 8.76. The Kier molecular flexibility index (Phi) is 3.95. The minimum Gasteiger partial charge on any atom is -0.331 e. The Balaban J connectivity index is 2.21. The van der Waals surface area contributed by atoms with Gasteiger partial charge in [0.15, 0.2) is 0 Å². The Morgan fingerprint density at radius 1 is 1.22 bits per heavy atom. The van der Waals surface area contributed by atoms with E-state index in [9.17, 15) is 4.79 Å². The second-order valence-electron chi connectivity index (χ2n) is 4.37. The Bertz CT molecular complexity index is 469. The van der Waals surface area contributed by atoms with Crippen molar-refractivity contribution in [3.8, 4) is 0 Å². The molecular weight excluding hydrogens is 224 g/mol. The molecule has 0 radical (unpaired) electrons. The van der Waals surface area contributed by atoms with E-state index in [4.69, 9.17) is 0 Å². The fraction of sp³-hybridized carbons (Fsp3) is 0.267. The predicted molar refractivity (Wildman–Crippen MR) is 73.3 cm³/mol. The van der Waals surface area contributed by atoms with Gasteiger partial charge in [-0.2, -0.15) is 0 Å². The molecule has 1 N–H and O–H groups in total. The summed E-state index contributed by atoms with van der Waals surface area (Å²) in [6, 6.07) is 5.91. The lowest BCUT2D eigenvalue weighted by Gasteiger charge is -2.19. The molecule has 0 saturated carbocycles. The maximum Gasteiger partial charge on any atom is 0.254 e. The molecule has 1 aliphatic rings. The molecule has 18 heavy (non-hydrogen) atoms. The molecule has 3 heteroatoms. The fourth-order valence-electron chi connectivity index (χ4n) is 2.16. The van der Waals surface area contributed by atoms with Gasteiger partial charge in [0.25, 0.3) is 5.91 Å². The van der Waals surface area contributed by atoms with Crippen LogP contribution in [0.4, 0.5) is 0 Å². The van der Waals surface area contributed by atoms with Crippen LogP contribution < -0.4 is 5.32 Å². The van der Waals surface area contributed by atoms with Gasteiger partial charge in [-0.1, -0.05) is 18.2 Å². The topological polar surface area (TPSA) is 32.3 Å². The third-order valence-electron chi connectivity index (χ3n) is 3.07. The summed E-state index contributed by atoms with van der Waals surface area (Å²) in [5.41, 5.74) is 3.24. The molecule has 94 valence electrons. The summed E-state index contributed by atoms with van der Waals surface area (Å²) >= 11 is 0. The number of rotatable bonds is 5. The van der Waals surface area contributed by atoms with Crippen molar-refractivity contribution in [2.24, 2.45) is 0 Å². The van der Waals surface area contributed by atoms with E-state index in [0.29, 0.717) is 13.1 Å². The third kappa shape index (κ3) is 2.51. The van der Waals surface area contributed by atoms with Crippen LogP contribution in [0, 0.1) is 0 Å². The van der Waals surface area contributed by atoms with E-state index < -0.39 is 0 Å². The largest absolute Gasteiger partial charge is 0.331 e. The van der Waals surface area contributed by atoms with Crippen molar-refractivity contribution in [1.29, 1.82) is 0 Å². The summed E-state index contributed by atoms with van der Waals surface area (Å²) in [7, 11) is 0. The maximum absolute atomic E-state index is 12.3. The Labute approximate surface area is 108 Å². The molecule has 0 saturated heterocycles. The zero-order valence-electron chi connectivity index (χ0n) is 10.5. The van der Waals surface area contributed by atoms with Crippen LogP contribution in [0.5, 0.6) is 0 Å². The molecule has 2 rings (SSSR count). The number of nitrogens with zero attached hydrogens (tertiary/aromatic N) is 1. The summed E-state index contributed by atoms with van der Waals surface area (Å²) in [6.45, 7) is 10.2. The number of benzene rings is 1. The Hall–Kier alpha value is -1.87. The van der Waals surface area contributed by atoms with E-state index in [1.54, 1.807) is 17.1 Å². The Morgan fingerprint density at radius 3 is 2.56 bits per heavy atom. The van der Waals surface area contributed by atoms with Gasteiger partial charge in [0, 0.05) is 31.7 Å². The van der Waals surface area contributed by atoms with Gasteiger partial charge in [0.05, 0.1) is 0 Å². The average molecular weight is 242 g/mol. The van der Waals surface area contributed by atoms with Gasteiger partial charge in [0.2, 0.25) is 0 Å². The lowest BCUT2D eigenvalue weighted by Crippen LogP contribution is -2.31. The van der Waals surface area contributed by atoms with Gasteiger partial charge in [-0.15, -0.1) is 13.2 Å². The number of nitrogens with one attached hydrogen (secondary N) is 1. The van der Waals surface area contributed by atoms with Gasteiger partial charge in [0.1, 0.15) is 0 Å². The second kappa shape index (κ2) is 5.65. The highest BCUT2D eigenvalue weighted by Crippen LogP contribution is 2.18. The molecule has 0 unspecified atom stereocenters. The van der Waals surface area contributed by atoms with Crippen LogP contribution in [0.2, 0.25) is 0 Å². The molecule has 1 aromatic carbocycles. The summed E-state index contributed by atoms with van der Waals surface area (Å²) in [4.78, 5) is 14.1. The minimum atomic E-state index is 0.0319. The standard InChI is InChI=1S/C15H18N2O/c1-3-7-17(8-4-2)15(18)12-5-6-13-10-16-11-14(13)9-12/h3-6,9,16H,1-2,7-8,10-11H2. The molecule has 0 bridgehead atoms. The predicted octanol–water partition coefficient (Wildman–Crippen LogP) is 2.10. The molecule has 1 aliphatic heterocycles. The smallest absolute Gasteiger partial charge is 0.254 e. The SMILES string of the molecule is C=CCN(CC=C)C(=O)c1ccc2c(c1)CNC2. The van der Waals surface area contributed by atoms with Crippen LogP contribution in [0.25, 0.3) is 0 Å². The quantitative estimate of drug-likeness (QED) is 0.802. The molecule has 1 aromatic rings. The molecule has 0 aromatic heterocycles. The van der Waals surface area contributed by atoms with Crippen molar-refractivity contribution < 1.29 is 4.79 Å². The van der Waals surface area contributed by atoms with Crippen LogP contribution in [-0.4, -0.2) is 23.9 Å². The molecule has 1 amide bonds. The van der Waals surface area contributed by atoms with Crippen molar-refractivity contribution >= 4 is 5.91 Å². The minimum absolute atomic E-state index is 0.0319. The van der Waals surface area contributed by atoms with Gasteiger partial charge < -0.3 is 10.2 Å². The van der Waals surface area contributed by atoms with Crippen molar-refractivity contribution in [3.63, 3.8) is 0 Å². The second-order valence-corrected chi connectivity index (χ2v) is 4.37. The summed E-state index contributed by atoms with van der Waals surface area (Å²) in [5.74, 6) is 0.0319. The van der Waals surface area contributed by atoms with Crippen LogP contribution >= 0.6 is 0 Å². The van der Waals surface area contributed by atoms with E-state index in [2.05, 4.69) is 18.5 Å². The van der Waals surface area contributed by atoms with Crippen molar-refractivity contribution in [2.45, 2.75) is 13.1 Å². The first-order valence-corrected chi connectivity index (χ1v) is 6.10. The number of hydrogen-bond acceptors (Lipinski definition) is 2. The summed E-state index contributed by atoms with van der Waals surface area (Å²) < 4.78 is 0. The van der Waals surface area contributed by atoms with Gasteiger partial charge >= 0.3 is 0 Å². The lowest BCUT2D eigenvalue weighted by molar-refractivity contribution is 0.0791. The summed E-state index contributed by atoms with van der Waals surface area (Å²) in [6.07, 6.45) is 3.46. The van der Waals surface area contributed by atoms with Crippen LogP contribution in [0.1, 0.15) is 21.5 Å². The fourth-order valence-corrected chi connectivity index (χ4v) is 2.16. The van der Waals surface area contributed by atoms with E-state index in [1.165, 1.54) is 11.1 Å². The number of amides is 1. The highest BCUT2D eigenvalue weighted by Gasteiger charge is 2.16. The molecule has 0 aliphatic carbocycles. The molecule has 0 fully saturated rings. The highest BCUT2D eigenvalue weighted by atomic mass is 16.2. The third-order valence-corrected chi connectivity index (χ3v) is 3.07. The van der Waals surface area contributed by atoms with Gasteiger partial charge in [-0.3, -0.25) is 4.79 Å². The van der Waals surface area contributed by atoms with Crippen molar-refractivity contribution in [1.82, 2.24) is 10.2 Å². The number of carbonyl (C=O) groups excluding carboxylic acids is 1. The van der Waals surface area contributed by atoms with Crippen LogP contribution in [0.15, 0.2) is 43.5 Å². The molecular formula is C15H18N2O. The van der Waals surface area contributed by atoms with Gasteiger partial charge in [-0.05, 0) is 23.3 Å². The molecule has 3 nitrogen and oxygen atoms in total. The van der Waals surface area contributed by atoms with Crippen LogP contribution in [0.3, 0.4) is 0 Å². The van der Waals surface area contributed by atoms with E-state index >= 15 is 0 Å². The number of hydrogen-bond donors (Lipinski definition) is 1. The van der Waals surface area contributed by atoms with Gasteiger partial charge in [-0.25, -0.2) is 0 Å². The Morgan fingerprint density at radius 2 is 1.89 bits per heavy atom. The summed E-state index contributed by atoms with van der Waals surface area (Å²) in [5, 5.41) is 3.28. The average Bonchev–Trinajstić information content (AvgIpc) is 2.84. The number of fused-ring (bicyclic) bond motifs is 1. The normalized spacial score (nSPS) is 12.9. The number of carbonyl (C=O) groups is 1. The van der Waals surface area contributed by atoms with Crippen molar-refractivity contribution in [2.75, 3.05) is 13.1 Å². The maximum atomic E-state index is 12.3. The molecule has 0 spiro atoms. The van der Waals surface area contributed by atoms with Crippen molar-refractivity contribution in [3.05, 3.63) is 60.2 Å². The highest BCUT2D eigenvalue weighted by molar-refractivity contribution is 5.94. The van der Waals surface area contributed by atoms with Crippen LogP contribution in [-0.2, 0) is 13.1 Å². The van der Waals surface area contributed by atoms with E-state index in [1.807, 2.05) is 18.2 Å². The first-order valence-electron chi connectivity index (χ1n) is 6.10. The zero-order valence-corrected chi connectivity index (χ0v) is 10.5. The zero-order chi connectivity index (χ0) is 13.0. The van der Waals surface area contributed by atoms with E-state index in [-0.39, 0.29) is 5.91 Å².